The molecule has 104 valence electrons. The fourth-order valence-electron chi connectivity index (χ4n) is 2.17. The maximum atomic E-state index is 11.3. The van der Waals surface area contributed by atoms with Crippen LogP contribution in [0.1, 0.15) is 16.7 Å². The fraction of sp³-hybridized carbons (Fsp3) is 0.235. The van der Waals surface area contributed by atoms with Crippen LogP contribution in [0.4, 0.5) is 0 Å². The van der Waals surface area contributed by atoms with Gasteiger partial charge in [0.2, 0.25) is 5.91 Å². The van der Waals surface area contributed by atoms with Gasteiger partial charge in [-0.3, -0.25) is 4.79 Å². The first-order valence-corrected chi connectivity index (χ1v) is 6.77. The van der Waals surface area contributed by atoms with Gasteiger partial charge in [-0.1, -0.05) is 60.2 Å². The minimum atomic E-state index is 0.0243. The number of aryl methyl sites for hydroxylation is 1. The normalized spacial score (nSPS) is 12.4. The summed E-state index contributed by atoms with van der Waals surface area (Å²) in [6.45, 7) is 3.62. The van der Waals surface area contributed by atoms with Gasteiger partial charge in [0.05, 0.1) is 6.54 Å². The van der Waals surface area contributed by atoms with Gasteiger partial charge in [-0.15, -0.1) is 0 Å². The second-order valence-electron chi connectivity index (χ2n) is 4.88. The minimum Gasteiger partial charge on any atom is -0.333 e. The van der Waals surface area contributed by atoms with Crippen LogP contribution in [-0.4, -0.2) is 17.4 Å². The van der Waals surface area contributed by atoms with Gasteiger partial charge < -0.3 is 10.6 Å². The van der Waals surface area contributed by atoms with Crippen LogP contribution in [0.15, 0.2) is 54.6 Å². The van der Waals surface area contributed by atoms with E-state index in [9.17, 15) is 4.79 Å². The highest BCUT2D eigenvalue weighted by Gasteiger charge is 2.21. The molecule has 1 heterocycles. The third-order valence-corrected chi connectivity index (χ3v) is 3.31. The first kappa shape index (κ1) is 14.3. The highest BCUT2D eigenvalue weighted by atomic mass is 16.2. The molecule has 3 rings (SSSR count). The van der Waals surface area contributed by atoms with E-state index in [1.165, 1.54) is 16.7 Å². The number of hydrogen-bond donors (Lipinski definition) is 1. The third kappa shape index (κ3) is 3.68. The molecule has 3 heteroatoms. The van der Waals surface area contributed by atoms with Crippen molar-refractivity contribution >= 4 is 5.91 Å². The third-order valence-electron chi connectivity index (χ3n) is 3.31. The molecule has 2 aromatic carbocycles. The molecular formula is C17H20N2O. The summed E-state index contributed by atoms with van der Waals surface area (Å²) in [5.74, 6) is 0.0243. The minimum absolute atomic E-state index is 0.0243. The van der Waals surface area contributed by atoms with Gasteiger partial charge in [0.25, 0.3) is 0 Å². The molecule has 20 heavy (non-hydrogen) atoms. The van der Waals surface area contributed by atoms with E-state index in [-0.39, 0.29) is 12.5 Å². The van der Waals surface area contributed by atoms with Gasteiger partial charge in [-0.2, -0.15) is 0 Å². The Bertz CT molecular complexity index is 541. The van der Waals surface area contributed by atoms with Gasteiger partial charge in [-0.05, 0) is 18.1 Å². The summed E-state index contributed by atoms with van der Waals surface area (Å²) in [5.41, 5.74) is 9.10. The Balaban J connectivity index is 0.000000178. The van der Waals surface area contributed by atoms with E-state index >= 15 is 0 Å². The Morgan fingerprint density at radius 2 is 1.50 bits per heavy atom. The van der Waals surface area contributed by atoms with E-state index in [0.717, 1.165) is 0 Å². The lowest BCUT2D eigenvalue weighted by Gasteiger charge is -2.13. The molecule has 0 bridgehead atoms. The Labute approximate surface area is 120 Å². The predicted octanol–water partition coefficient (Wildman–Crippen LogP) is 2.48. The van der Waals surface area contributed by atoms with Gasteiger partial charge in [-0.25, -0.2) is 0 Å². The molecule has 1 aliphatic heterocycles. The number of benzene rings is 2. The Morgan fingerprint density at radius 1 is 1.00 bits per heavy atom. The number of rotatable bonds is 1. The summed E-state index contributed by atoms with van der Waals surface area (Å²) in [5, 5.41) is 0. The number of nitrogens with two attached hydrogens (primary N) is 1. The lowest BCUT2D eigenvalue weighted by atomic mass is 10.1. The van der Waals surface area contributed by atoms with Crippen molar-refractivity contribution < 1.29 is 4.79 Å². The van der Waals surface area contributed by atoms with Crippen LogP contribution < -0.4 is 5.73 Å². The standard InChI is InChI=1S/C10H12N2O.C7H8/c11-5-10(13)12-6-8-3-1-2-4-9(8)7-12;1-7-5-3-2-4-6-7/h1-4H,5-7,11H2;2-6H,1H3. The molecular weight excluding hydrogens is 248 g/mol. The zero-order valence-corrected chi connectivity index (χ0v) is 11.8. The Kier molecular flexibility index (Phi) is 4.91. The number of carbonyl (C=O) groups excluding carboxylic acids is 1. The smallest absolute Gasteiger partial charge is 0.236 e. The SMILES string of the molecule is Cc1ccccc1.NCC(=O)N1Cc2ccccc2C1. The summed E-state index contributed by atoms with van der Waals surface area (Å²) in [4.78, 5) is 13.1. The molecule has 0 aromatic heterocycles. The van der Waals surface area contributed by atoms with Crippen LogP contribution >= 0.6 is 0 Å². The van der Waals surface area contributed by atoms with Crippen molar-refractivity contribution in [2.24, 2.45) is 5.73 Å². The van der Waals surface area contributed by atoms with E-state index in [2.05, 4.69) is 31.2 Å². The van der Waals surface area contributed by atoms with Crippen molar-refractivity contribution in [3.63, 3.8) is 0 Å². The quantitative estimate of drug-likeness (QED) is 0.863. The highest BCUT2D eigenvalue weighted by molar-refractivity contribution is 5.78. The number of amides is 1. The lowest BCUT2D eigenvalue weighted by molar-refractivity contribution is -0.130. The summed E-state index contributed by atoms with van der Waals surface area (Å²) in [6.07, 6.45) is 0. The molecule has 0 saturated heterocycles. The molecule has 0 atom stereocenters. The van der Waals surface area contributed by atoms with Crippen molar-refractivity contribution in [2.75, 3.05) is 6.54 Å². The second kappa shape index (κ2) is 6.87. The molecule has 0 radical (unpaired) electrons. The van der Waals surface area contributed by atoms with Crippen molar-refractivity contribution in [1.29, 1.82) is 0 Å². The lowest BCUT2D eigenvalue weighted by Crippen LogP contribution is -2.31. The Morgan fingerprint density at radius 3 is 1.90 bits per heavy atom. The van der Waals surface area contributed by atoms with Crippen molar-refractivity contribution in [2.45, 2.75) is 20.0 Å². The second-order valence-corrected chi connectivity index (χ2v) is 4.88. The van der Waals surface area contributed by atoms with Gasteiger partial charge in [0, 0.05) is 13.1 Å². The van der Waals surface area contributed by atoms with Crippen LogP contribution in [0.3, 0.4) is 0 Å². The molecule has 3 nitrogen and oxygen atoms in total. The zero-order chi connectivity index (χ0) is 14.4. The van der Waals surface area contributed by atoms with Gasteiger partial charge in [0.15, 0.2) is 0 Å². The van der Waals surface area contributed by atoms with Crippen LogP contribution in [-0.2, 0) is 17.9 Å². The van der Waals surface area contributed by atoms with Crippen LogP contribution in [0.2, 0.25) is 0 Å². The van der Waals surface area contributed by atoms with E-state index in [1.54, 1.807) is 4.90 Å². The number of carbonyl (C=O) groups is 1. The van der Waals surface area contributed by atoms with Crippen LogP contribution in [0.5, 0.6) is 0 Å². The van der Waals surface area contributed by atoms with E-state index in [0.29, 0.717) is 13.1 Å². The first-order valence-electron chi connectivity index (χ1n) is 6.77. The maximum Gasteiger partial charge on any atom is 0.236 e. The number of nitrogens with zero attached hydrogens (tertiary/aromatic N) is 1. The average molecular weight is 268 g/mol. The van der Waals surface area contributed by atoms with E-state index in [4.69, 9.17) is 5.73 Å². The monoisotopic (exact) mass is 268 g/mol. The number of hydrogen-bond acceptors (Lipinski definition) is 2. The molecule has 0 saturated carbocycles. The fourth-order valence-corrected chi connectivity index (χ4v) is 2.17. The first-order chi connectivity index (χ1) is 9.70. The molecule has 0 spiro atoms. The average Bonchev–Trinajstić information content (AvgIpc) is 2.92. The molecule has 1 amide bonds. The summed E-state index contributed by atoms with van der Waals surface area (Å²) in [7, 11) is 0. The predicted molar refractivity (Wildman–Crippen MR) is 80.9 cm³/mol. The maximum absolute atomic E-state index is 11.3. The van der Waals surface area contributed by atoms with Crippen molar-refractivity contribution in [1.82, 2.24) is 4.90 Å². The molecule has 0 aliphatic carbocycles. The summed E-state index contributed by atoms with van der Waals surface area (Å²) >= 11 is 0. The van der Waals surface area contributed by atoms with Crippen molar-refractivity contribution in [3.8, 4) is 0 Å². The molecule has 1 aliphatic rings. The number of fused-ring (bicyclic) bond motifs is 1. The van der Waals surface area contributed by atoms with Gasteiger partial charge in [0.1, 0.15) is 0 Å². The summed E-state index contributed by atoms with van der Waals surface area (Å²) in [6, 6.07) is 18.4. The van der Waals surface area contributed by atoms with Gasteiger partial charge >= 0.3 is 0 Å². The molecule has 0 unspecified atom stereocenters. The summed E-state index contributed by atoms with van der Waals surface area (Å²) < 4.78 is 0. The van der Waals surface area contributed by atoms with E-state index in [1.807, 2.05) is 30.3 Å². The Hall–Kier alpha value is -2.13. The van der Waals surface area contributed by atoms with E-state index < -0.39 is 0 Å². The zero-order valence-electron chi connectivity index (χ0n) is 11.8. The van der Waals surface area contributed by atoms with Crippen LogP contribution in [0.25, 0.3) is 0 Å². The van der Waals surface area contributed by atoms with Crippen LogP contribution in [0, 0.1) is 6.92 Å². The molecule has 2 N–H and O–H groups in total. The molecule has 2 aromatic rings. The van der Waals surface area contributed by atoms with Crippen molar-refractivity contribution in [3.05, 3.63) is 71.3 Å². The largest absolute Gasteiger partial charge is 0.333 e. The molecule has 0 fully saturated rings. The topological polar surface area (TPSA) is 46.3 Å². The highest BCUT2D eigenvalue weighted by Crippen LogP contribution is 2.21.